The molecule has 136 valence electrons. The van der Waals surface area contributed by atoms with Crippen LogP contribution in [0.4, 0.5) is 11.5 Å². The molecule has 1 aliphatic rings. The Bertz CT molecular complexity index is 788. The maximum absolute atomic E-state index is 12.6. The first-order chi connectivity index (χ1) is 12.7. The van der Waals surface area contributed by atoms with Gasteiger partial charge in [-0.05, 0) is 38.3 Å². The van der Waals surface area contributed by atoms with E-state index in [-0.39, 0.29) is 18.2 Å². The largest absolute Gasteiger partial charge is 0.462 e. The van der Waals surface area contributed by atoms with Crippen molar-refractivity contribution < 1.29 is 14.3 Å². The number of nitrogens with one attached hydrogen (secondary N) is 1. The summed E-state index contributed by atoms with van der Waals surface area (Å²) in [7, 11) is 0. The molecule has 1 saturated heterocycles. The topological polar surface area (TPSA) is 84.4 Å². The average Bonchev–Trinajstić information content (AvgIpc) is 2.69. The Kier molecular flexibility index (Phi) is 5.78. The van der Waals surface area contributed by atoms with Gasteiger partial charge in [-0.3, -0.25) is 4.79 Å². The van der Waals surface area contributed by atoms with Gasteiger partial charge in [-0.25, -0.2) is 14.8 Å². The summed E-state index contributed by atoms with van der Waals surface area (Å²) in [6, 6.07) is 8.44. The Morgan fingerprint density at radius 1 is 1.15 bits per heavy atom. The number of carbonyl (C=O) groups excluding carboxylic acids is 2. The molecule has 1 N–H and O–H groups in total. The molecule has 0 unspecified atom stereocenters. The maximum Gasteiger partial charge on any atom is 0.340 e. The monoisotopic (exact) mass is 354 g/mol. The molecule has 0 atom stereocenters. The molecule has 2 heterocycles. The first kappa shape index (κ1) is 17.8. The molecule has 0 spiro atoms. The van der Waals surface area contributed by atoms with Crippen LogP contribution in [0.1, 0.15) is 47.0 Å². The fourth-order valence-corrected chi connectivity index (χ4v) is 2.93. The van der Waals surface area contributed by atoms with Crippen molar-refractivity contribution in [1.29, 1.82) is 0 Å². The summed E-state index contributed by atoms with van der Waals surface area (Å²) in [4.78, 5) is 35.2. The standard InChI is InChI=1S/C19H22N4O3/c1-2-26-19(25)14-8-4-5-9-15(14)22-18(24)16-12-17(21-13-20-16)23-10-6-3-7-11-23/h4-5,8-9,12-13H,2-3,6-7,10-11H2,1H3,(H,22,24). The van der Waals surface area contributed by atoms with Gasteiger partial charge in [-0.1, -0.05) is 12.1 Å². The molecule has 26 heavy (non-hydrogen) atoms. The molecule has 7 heteroatoms. The normalized spacial score (nSPS) is 14.0. The van der Waals surface area contributed by atoms with Crippen molar-refractivity contribution >= 4 is 23.4 Å². The van der Waals surface area contributed by atoms with Gasteiger partial charge in [-0.15, -0.1) is 0 Å². The van der Waals surface area contributed by atoms with Crippen LogP contribution in [0.5, 0.6) is 0 Å². The highest BCUT2D eigenvalue weighted by atomic mass is 16.5. The molecule has 1 aromatic heterocycles. The van der Waals surface area contributed by atoms with Gasteiger partial charge in [-0.2, -0.15) is 0 Å². The van der Waals surface area contributed by atoms with Crippen molar-refractivity contribution in [1.82, 2.24) is 9.97 Å². The molecule has 3 rings (SSSR count). The number of piperidine rings is 1. The van der Waals surface area contributed by atoms with Gasteiger partial charge in [0.05, 0.1) is 17.9 Å². The van der Waals surface area contributed by atoms with Crippen molar-refractivity contribution in [2.24, 2.45) is 0 Å². The van der Waals surface area contributed by atoms with E-state index in [1.165, 1.54) is 12.7 Å². The number of anilines is 2. The summed E-state index contributed by atoms with van der Waals surface area (Å²) >= 11 is 0. The second-order valence-corrected chi connectivity index (χ2v) is 6.03. The Balaban J connectivity index is 1.77. The Hall–Kier alpha value is -2.96. The number of ether oxygens (including phenoxy) is 1. The number of nitrogens with zero attached hydrogens (tertiary/aromatic N) is 3. The van der Waals surface area contributed by atoms with E-state index < -0.39 is 5.97 Å². The minimum atomic E-state index is -0.472. The highest BCUT2D eigenvalue weighted by Crippen LogP contribution is 2.20. The van der Waals surface area contributed by atoms with E-state index in [4.69, 9.17) is 4.74 Å². The summed E-state index contributed by atoms with van der Waals surface area (Å²) in [5.74, 6) is -0.106. The SMILES string of the molecule is CCOC(=O)c1ccccc1NC(=O)c1cc(N2CCCCC2)ncn1. The lowest BCUT2D eigenvalue weighted by Crippen LogP contribution is -2.30. The fraction of sp³-hybridized carbons (Fsp3) is 0.368. The first-order valence-electron chi connectivity index (χ1n) is 8.83. The van der Waals surface area contributed by atoms with Crippen LogP contribution < -0.4 is 10.2 Å². The van der Waals surface area contributed by atoms with E-state index in [0.29, 0.717) is 11.3 Å². The van der Waals surface area contributed by atoms with Crippen LogP contribution in [-0.4, -0.2) is 41.5 Å². The van der Waals surface area contributed by atoms with Crippen LogP contribution in [0.25, 0.3) is 0 Å². The molecule has 1 aliphatic heterocycles. The van der Waals surface area contributed by atoms with Gasteiger partial charge in [0, 0.05) is 19.2 Å². The van der Waals surface area contributed by atoms with Crippen LogP contribution in [0.3, 0.4) is 0 Å². The van der Waals surface area contributed by atoms with Crippen molar-refractivity contribution in [3.63, 3.8) is 0 Å². The van der Waals surface area contributed by atoms with E-state index in [9.17, 15) is 9.59 Å². The summed E-state index contributed by atoms with van der Waals surface area (Å²) < 4.78 is 5.03. The van der Waals surface area contributed by atoms with E-state index in [1.54, 1.807) is 37.3 Å². The molecule has 2 aromatic rings. The smallest absolute Gasteiger partial charge is 0.340 e. The summed E-state index contributed by atoms with van der Waals surface area (Å²) in [6.07, 6.45) is 4.87. The quantitative estimate of drug-likeness (QED) is 0.831. The fourth-order valence-electron chi connectivity index (χ4n) is 2.93. The number of hydrogen-bond donors (Lipinski definition) is 1. The van der Waals surface area contributed by atoms with Crippen molar-refractivity contribution in [3.05, 3.63) is 47.9 Å². The number of para-hydroxylation sites is 1. The zero-order chi connectivity index (χ0) is 18.4. The van der Waals surface area contributed by atoms with Crippen LogP contribution in [0, 0.1) is 0 Å². The van der Waals surface area contributed by atoms with E-state index in [1.807, 2.05) is 0 Å². The molecule has 1 amide bonds. The minimum Gasteiger partial charge on any atom is -0.462 e. The number of esters is 1. The number of benzene rings is 1. The van der Waals surface area contributed by atoms with E-state index >= 15 is 0 Å². The maximum atomic E-state index is 12.6. The lowest BCUT2D eigenvalue weighted by Gasteiger charge is -2.27. The lowest BCUT2D eigenvalue weighted by molar-refractivity contribution is 0.0527. The number of aromatic nitrogens is 2. The van der Waals surface area contributed by atoms with Gasteiger partial charge in [0.1, 0.15) is 17.8 Å². The predicted molar refractivity (Wildman–Crippen MR) is 98.4 cm³/mol. The van der Waals surface area contributed by atoms with Gasteiger partial charge < -0.3 is 15.0 Å². The summed E-state index contributed by atoms with van der Waals surface area (Å²) in [5.41, 5.74) is 0.973. The van der Waals surface area contributed by atoms with Gasteiger partial charge in [0.15, 0.2) is 0 Å². The highest BCUT2D eigenvalue weighted by molar-refractivity contribution is 6.07. The molecule has 1 fully saturated rings. The van der Waals surface area contributed by atoms with Crippen molar-refractivity contribution in [2.75, 3.05) is 29.9 Å². The average molecular weight is 354 g/mol. The van der Waals surface area contributed by atoms with Crippen LogP contribution >= 0.6 is 0 Å². The molecule has 7 nitrogen and oxygen atoms in total. The molecule has 1 aromatic carbocycles. The minimum absolute atomic E-state index is 0.263. The third-order valence-electron chi connectivity index (χ3n) is 4.24. The third kappa shape index (κ3) is 4.17. The van der Waals surface area contributed by atoms with Crippen molar-refractivity contribution in [3.8, 4) is 0 Å². The molecular weight excluding hydrogens is 332 g/mol. The Labute approximate surface area is 152 Å². The second kappa shape index (κ2) is 8.42. The molecule has 0 radical (unpaired) electrons. The van der Waals surface area contributed by atoms with E-state index in [0.717, 1.165) is 31.7 Å². The number of rotatable bonds is 5. The predicted octanol–water partition coefficient (Wildman–Crippen LogP) is 2.90. The molecule has 0 saturated carbocycles. The highest BCUT2D eigenvalue weighted by Gasteiger charge is 2.18. The van der Waals surface area contributed by atoms with Gasteiger partial charge in [0.2, 0.25) is 0 Å². The Morgan fingerprint density at radius 3 is 2.69 bits per heavy atom. The zero-order valence-electron chi connectivity index (χ0n) is 14.8. The summed E-state index contributed by atoms with van der Waals surface area (Å²) in [5, 5.41) is 2.75. The Morgan fingerprint density at radius 2 is 1.92 bits per heavy atom. The van der Waals surface area contributed by atoms with Gasteiger partial charge in [0.25, 0.3) is 5.91 Å². The van der Waals surface area contributed by atoms with E-state index in [2.05, 4.69) is 20.2 Å². The lowest BCUT2D eigenvalue weighted by atomic mass is 10.1. The molecule has 0 aliphatic carbocycles. The first-order valence-corrected chi connectivity index (χ1v) is 8.83. The van der Waals surface area contributed by atoms with Crippen LogP contribution in [0.15, 0.2) is 36.7 Å². The molecule has 0 bridgehead atoms. The second-order valence-electron chi connectivity index (χ2n) is 6.03. The number of carbonyl (C=O) groups is 2. The van der Waals surface area contributed by atoms with Crippen LogP contribution in [0.2, 0.25) is 0 Å². The number of hydrogen-bond acceptors (Lipinski definition) is 6. The summed E-state index contributed by atoms with van der Waals surface area (Å²) in [6.45, 7) is 3.88. The van der Waals surface area contributed by atoms with Crippen molar-refractivity contribution in [2.45, 2.75) is 26.2 Å². The zero-order valence-corrected chi connectivity index (χ0v) is 14.8. The van der Waals surface area contributed by atoms with Crippen LogP contribution in [-0.2, 0) is 4.74 Å². The van der Waals surface area contributed by atoms with Gasteiger partial charge >= 0.3 is 5.97 Å². The molecular formula is C19H22N4O3. The number of amides is 1. The third-order valence-corrected chi connectivity index (χ3v) is 4.24.